The molecule has 0 radical (unpaired) electrons. The van der Waals surface area contributed by atoms with Crippen molar-refractivity contribution >= 4 is 22.8 Å². The van der Waals surface area contributed by atoms with Crippen LogP contribution in [0.5, 0.6) is 0 Å². The fourth-order valence-corrected chi connectivity index (χ4v) is 3.63. The molecule has 2 N–H and O–H groups in total. The maximum atomic E-state index is 13.6. The summed E-state index contributed by atoms with van der Waals surface area (Å²) in [6.45, 7) is 0.583. The minimum Gasteiger partial charge on any atom is -0.324 e. The first-order chi connectivity index (χ1) is 13.5. The van der Waals surface area contributed by atoms with Crippen molar-refractivity contribution in [3.8, 4) is 6.07 Å². The largest absolute Gasteiger partial charge is 0.324 e. The molecule has 2 amide bonds. The molecule has 0 bridgehead atoms. The molecular formula is C20H17F2N5O. The molecule has 0 spiro atoms. The molecular weight excluding hydrogens is 364 g/mol. The van der Waals surface area contributed by atoms with Gasteiger partial charge in [-0.15, -0.1) is 0 Å². The van der Waals surface area contributed by atoms with Crippen molar-refractivity contribution in [3.63, 3.8) is 0 Å². The lowest BCUT2D eigenvalue weighted by atomic mass is 9.74. The van der Waals surface area contributed by atoms with Crippen LogP contribution in [0.3, 0.4) is 0 Å². The van der Waals surface area contributed by atoms with Crippen LogP contribution in [0.4, 0.5) is 19.4 Å². The number of carbonyl (C=O) groups is 1. The van der Waals surface area contributed by atoms with Crippen LogP contribution in [0.15, 0.2) is 42.5 Å². The summed E-state index contributed by atoms with van der Waals surface area (Å²) in [6, 6.07) is 12.5. The Morgan fingerprint density at radius 3 is 2.54 bits per heavy atom. The molecule has 1 saturated heterocycles. The van der Waals surface area contributed by atoms with Crippen molar-refractivity contribution < 1.29 is 13.6 Å². The molecule has 0 aliphatic carbocycles. The second kappa shape index (κ2) is 6.93. The number of nitrogens with zero attached hydrogens (tertiary/aromatic N) is 3. The Balaban J connectivity index is 1.48. The summed E-state index contributed by atoms with van der Waals surface area (Å²) >= 11 is 0. The maximum Gasteiger partial charge on any atom is 0.323 e. The van der Waals surface area contributed by atoms with Gasteiger partial charge in [-0.2, -0.15) is 10.4 Å². The lowest BCUT2D eigenvalue weighted by Gasteiger charge is -2.37. The van der Waals surface area contributed by atoms with Crippen molar-refractivity contribution in [2.45, 2.75) is 18.3 Å². The Bertz CT molecular complexity index is 1060. The Morgan fingerprint density at radius 1 is 1.18 bits per heavy atom. The van der Waals surface area contributed by atoms with Gasteiger partial charge in [0.15, 0.2) is 5.82 Å². The topological polar surface area (TPSA) is 84.8 Å². The number of aromatic amines is 1. The Labute approximate surface area is 159 Å². The number of halogens is 2. The van der Waals surface area contributed by atoms with Gasteiger partial charge in [0.1, 0.15) is 11.6 Å². The predicted octanol–water partition coefficient (Wildman–Crippen LogP) is 3.93. The van der Waals surface area contributed by atoms with Gasteiger partial charge >= 0.3 is 6.03 Å². The highest BCUT2D eigenvalue weighted by Crippen LogP contribution is 2.36. The van der Waals surface area contributed by atoms with Gasteiger partial charge in [0, 0.05) is 24.5 Å². The van der Waals surface area contributed by atoms with E-state index in [4.69, 9.17) is 0 Å². The fraction of sp³-hybridized carbons (Fsp3) is 0.250. The van der Waals surface area contributed by atoms with E-state index in [1.165, 1.54) is 12.1 Å². The van der Waals surface area contributed by atoms with Crippen LogP contribution in [-0.4, -0.2) is 34.2 Å². The number of benzene rings is 2. The zero-order valence-corrected chi connectivity index (χ0v) is 14.9. The summed E-state index contributed by atoms with van der Waals surface area (Å²) < 4.78 is 27.2. The fourth-order valence-electron chi connectivity index (χ4n) is 3.63. The van der Waals surface area contributed by atoms with E-state index in [1.807, 2.05) is 24.3 Å². The summed E-state index contributed by atoms with van der Waals surface area (Å²) in [6.07, 6.45) is 0.586. The maximum absolute atomic E-state index is 13.6. The first-order valence-electron chi connectivity index (χ1n) is 8.88. The molecule has 0 unspecified atom stereocenters. The summed E-state index contributed by atoms with van der Waals surface area (Å²) in [7, 11) is 0. The quantitative estimate of drug-likeness (QED) is 0.705. The lowest BCUT2D eigenvalue weighted by molar-refractivity contribution is 0.183. The second-order valence-corrected chi connectivity index (χ2v) is 6.89. The average molecular weight is 381 g/mol. The van der Waals surface area contributed by atoms with Crippen molar-refractivity contribution in [2.24, 2.45) is 0 Å². The lowest BCUT2D eigenvalue weighted by Crippen LogP contribution is -2.46. The molecule has 1 aliphatic rings. The number of anilines is 1. The van der Waals surface area contributed by atoms with Crippen molar-refractivity contribution in [3.05, 3.63) is 59.7 Å². The zero-order chi connectivity index (χ0) is 19.7. The highest BCUT2D eigenvalue weighted by molar-refractivity contribution is 5.98. The van der Waals surface area contributed by atoms with Crippen LogP contribution in [0.25, 0.3) is 10.9 Å². The van der Waals surface area contributed by atoms with Gasteiger partial charge in [-0.1, -0.05) is 12.1 Å². The molecule has 2 aromatic carbocycles. The number of rotatable bonds is 2. The van der Waals surface area contributed by atoms with Gasteiger partial charge in [-0.25, -0.2) is 13.6 Å². The van der Waals surface area contributed by atoms with Crippen molar-refractivity contribution in [1.82, 2.24) is 15.1 Å². The summed E-state index contributed by atoms with van der Waals surface area (Å²) in [5.41, 5.74) is 0.109. The van der Waals surface area contributed by atoms with Crippen LogP contribution in [0.1, 0.15) is 18.4 Å². The Morgan fingerprint density at radius 2 is 1.86 bits per heavy atom. The summed E-state index contributed by atoms with van der Waals surface area (Å²) in [5, 5.41) is 20.3. The van der Waals surface area contributed by atoms with E-state index in [9.17, 15) is 18.8 Å². The highest BCUT2D eigenvalue weighted by atomic mass is 19.1. The number of amides is 2. The normalized spacial score (nSPS) is 16.0. The number of nitrogens with one attached hydrogen (secondary N) is 2. The molecule has 1 aromatic heterocycles. The second-order valence-electron chi connectivity index (χ2n) is 6.89. The number of aromatic nitrogens is 2. The third-order valence-corrected chi connectivity index (χ3v) is 5.23. The number of carbonyl (C=O) groups excluding carboxylic acids is 1. The number of urea groups is 1. The number of piperidine rings is 1. The van der Waals surface area contributed by atoms with E-state index in [1.54, 1.807) is 4.90 Å². The molecule has 6 nitrogen and oxygen atoms in total. The Kier molecular flexibility index (Phi) is 4.43. The SMILES string of the molecule is N#CC1(c2cc(F)cc(F)c2)CCN(C(=O)Nc2n[nH]c3ccccc23)CC1. The minimum atomic E-state index is -1.02. The number of nitriles is 1. The van der Waals surface area contributed by atoms with Crippen LogP contribution in [-0.2, 0) is 5.41 Å². The molecule has 0 atom stereocenters. The average Bonchev–Trinajstić information content (AvgIpc) is 3.10. The monoisotopic (exact) mass is 381 g/mol. The molecule has 1 aliphatic heterocycles. The first kappa shape index (κ1) is 17.9. The van der Waals surface area contributed by atoms with Crippen molar-refractivity contribution in [2.75, 3.05) is 18.4 Å². The predicted molar refractivity (Wildman–Crippen MR) is 99.6 cm³/mol. The van der Waals surface area contributed by atoms with Crippen LogP contribution >= 0.6 is 0 Å². The molecule has 8 heteroatoms. The number of H-pyrrole nitrogens is 1. The number of hydrogen-bond donors (Lipinski definition) is 2. The van der Waals surface area contributed by atoms with Crippen LogP contribution in [0.2, 0.25) is 0 Å². The summed E-state index contributed by atoms with van der Waals surface area (Å²) in [5.74, 6) is -0.990. The standard InChI is InChI=1S/C20H17F2N5O/c21-14-9-13(10-15(22)11-14)20(12-23)5-7-27(8-6-20)19(28)24-18-16-3-1-2-4-17(16)25-26-18/h1-4,9-11H,5-8H2,(H2,24,25,26,28). The molecule has 142 valence electrons. The van der Waals surface area contributed by atoms with E-state index < -0.39 is 17.0 Å². The van der Waals surface area contributed by atoms with Crippen LogP contribution < -0.4 is 5.32 Å². The van der Waals surface area contributed by atoms with Gasteiger partial charge in [-0.3, -0.25) is 10.4 Å². The third kappa shape index (κ3) is 3.16. The third-order valence-electron chi connectivity index (χ3n) is 5.23. The highest BCUT2D eigenvalue weighted by Gasteiger charge is 2.38. The van der Waals surface area contributed by atoms with Gasteiger partial charge in [0.2, 0.25) is 0 Å². The number of para-hydroxylation sites is 1. The molecule has 4 rings (SSSR count). The van der Waals surface area contributed by atoms with Gasteiger partial charge in [0.25, 0.3) is 0 Å². The van der Waals surface area contributed by atoms with Gasteiger partial charge < -0.3 is 4.90 Å². The van der Waals surface area contributed by atoms with Crippen molar-refractivity contribution in [1.29, 1.82) is 5.26 Å². The smallest absolute Gasteiger partial charge is 0.323 e. The van der Waals surface area contributed by atoms with E-state index >= 15 is 0 Å². The van der Waals surface area contributed by atoms with E-state index in [2.05, 4.69) is 21.6 Å². The number of fused-ring (bicyclic) bond motifs is 1. The molecule has 28 heavy (non-hydrogen) atoms. The number of hydrogen-bond acceptors (Lipinski definition) is 3. The molecule has 3 aromatic rings. The van der Waals surface area contributed by atoms with E-state index in [0.29, 0.717) is 37.3 Å². The van der Waals surface area contributed by atoms with E-state index in [0.717, 1.165) is 17.0 Å². The van der Waals surface area contributed by atoms with E-state index in [-0.39, 0.29) is 6.03 Å². The van der Waals surface area contributed by atoms with Gasteiger partial charge in [-0.05, 0) is 42.7 Å². The zero-order valence-electron chi connectivity index (χ0n) is 14.9. The van der Waals surface area contributed by atoms with Crippen LogP contribution in [0, 0.1) is 23.0 Å². The number of likely N-dealkylation sites (tertiary alicyclic amines) is 1. The molecule has 0 saturated carbocycles. The minimum absolute atomic E-state index is 0.292. The molecule has 2 heterocycles. The first-order valence-corrected chi connectivity index (χ1v) is 8.88. The summed E-state index contributed by atoms with van der Waals surface area (Å²) in [4.78, 5) is 14.2. The Hall–Kier alpha value is -3.47. The van der Waals surface area contributed by atoms with Gasteiger partial charge in [0.05, 0.1) is 17.0 Å². The molecule has 1 fully saturated rings.